The molecule has 1 aromatic rings. The standard InChI is InChI=1S/C11H13FIN/c12-8-4-2-5-9(13)11(8)7-3-1-6-10(7)14/h2,4-5,7,10H,1,3,6,14H2. The molecule has 1 aliphatic rings. The molecule has 1 nitrogen and oxygen atoms in total. The predicted molar refractivity (Wildman–Crippen MR) is 63.7 cm³/mol. The van der Waals surface area contributed by atoms with Crippen molar-refractivity contribution in [1.29, 1.82) is 0 Å². The molecule has 2 atom stereocenters. The Hall–Kier alpha value is -0.160. The summed E-state index contributed by atoms with van der Waals surface area (Å²) in [5.74, 6) is 0.127. The smallest absolute Gasteiger partial charge is 0.127 e. The van der Waals surface area contributed by atoms with E-state index in [0.717, 1.165) is 28.4 Å². The molecule has 0 spiro atoms. The summed E-state index contributed by atoms with van der Waals surface area (Å²) in [7, 11) is 0. The molecule has 2 unspecified atom stereocenters. The van der Waals surface area contributed by atoms with Gasteiger partial charge in [-0.3, -0.25) is 0 Å². The van der Waals surface area contributed by atoms with Crippen LogP contribution in [0.15, 0.2) is 18.2 Å². The molecule has 3 heteroatoms. The summed E-state index contributed by atoms with van der Waals surface area (Å²) in [5.41, 5.74) is 6.81. The van der Waals surface area contributed by atoms with Crippen molar-refractivity contribution in [2.24, 2.45) is 5.73 Å². The molecule has 14 heavy (non-hydrogen) atoms. The average Bonchev–Trinajstić information content (AvgIpc) is 2.52. The maximum absolute atomic E-state index is 13.6. The summed E-state index contributed by atoms with van der Waals surface area (Å²) in [4.78, 5) is 0. The Balaban J connectivity index is 2.39. The second-order valence-corrected chi connectivity index (χ2v) is 5.00. The van der Waals surface area contributed by atoms with E-state index in [-0.39, 0.29) is 17.8 Å². The van der Waals surface area contributed by atoms with Gasteiger partial charge in [-0.1, -0.05) is 12.5 Å². The van der Waals surface area contributed by atoms with E-state index in [1.165, 1.54) is 6.07 Å². The minimum Gasteiger partial charge on any atom is -0.327 e. The Morgan fingerprint density at radius 1 is 1.36 bits per heavy atom. The first-order valence-electron chi connectivity index (χ1n) is 4.89. The Morgan fingerprint density at radius 3 is 2.71 bits per heavy atom. The number of hydrogen-bond acceptors (Lipinski definition) is 1. The monoisotopic (exact) mass is 305 g/mol. The highest BCUT2D eigenvalue weighted by Gasteiger charge is 2.28. The lowest BCUT2D eigenvalue weighted by Crippen LogP contribution is -2.24. The summed E-state index contributed by atoms with van der Waals surface area (Å²) in [6.45, 7) is 0. The van der Waals surface area contributed by atoms with E-state index in [4.69, 9.17) is 5.73 Å². The Kier molecular flexibility index (Phi) is 3.07. The summed E-state index contributed by atoms with van der Waals surface area (Å²) in [5, 5.41) is 0. The first kappa shape index (κ1) is 10.4. The minimum atomic E-state index is -0.0979. The number of benzene rings is 1. The van der Waals surface area contributed by atoms with Crippen molar-refractivity contribution in [3.8, 4) is 0 Å². The lowest BCUT2D eigenvalue weighted by Gasteiger charge is -2.17. The Morgan fingerprint density at radius 2 is 2.14 bits per heavy atom. The highest BCUT2D eigenvalue weighted by atomic mass is 127. The van der Waals surface area contributed by atoms with Crippen LogP contribution in [0.5, 0.6) is 0 Å². The van der Waals surface area contributed by atoms with Gasteiger partial charge >= 0.3 is 0 Å². The van der Waals surface area contributed by atoms with Gasteiger partial charge in [-0.05, 0) is 47.6 Å². The summed E-state index contributed by atoms with van der Waals surface area (Å²) < 4.78 is 14.6. The molecule has 1 aromatic carbocycles. The van der Waals surface area contributed by atoms with Crippen LogP contribution in [0, 0.1) is 9.39 Å². The normalized spacial score (nSPS) is 26.8. The van der Waals surface area contributed by atoms with Gasteiger partial charge in [0, 0.05) is 21.1 Å². The molecule has 0 aromatic heterocycles. The maximum atomic E-state index is 13.6. The van der Waals surface area contributed by atoms with Crippen molar-refractivity contribution < 1.29 is 4.39 Å². The van der Waals surface area contributed by atoms with Crippen molar-refractivity contribution in [3.63, 3.8) is 0 Å². The number of halogens is 2. The fourth-order valence-corrected chi connectivity index (χ4v) is 3.08. The second-order valence-electron chi connectivity index (χ2n) is 3.84. The lowest BCUT2D eigenvalue weighted by atomic mass is 9.94. The van der Waals surface area contributed by atoms with E-state index in [1.807, 2.05) is 6.07 Å². The van der Waals surface area contributed by atoms with Crippen molar-refractivity contribution in [3.05, 3.63) is 33.1 Å². The van der Waals surface area contributed by atoms with Gasteiger partial charge in [0.05, 0.1) is 0 Å². The second kappa shape index (κ2) is 4.14. The highest BCUT2D eigenvalue weighted by molar-refractivity contribution is 14.1. The third-order valence-corrected chi connectivity index (χ3v) is 3.88. The molecular weight excluding hydrogens is 292 g/mol. The molecule has 1 saturated carbocycles. The van der Waals surface area contributed by atoms with Crippen LogP contribution in [-0.2, 0) is 0 Å². The zero-order chi connectivity index (χ0) is 10.1. The van der Waals surface area contributed by atoms with Gasteiger partial charge in [0.2, 0.25) is 0 Å². The van der Waals surface area contributed by atoms with Gasteiger partial charge in [-0.2, -0.15) is 0 Å². The molecule has 0 heterocycles. The number of rotatable bonds is 1. The molecule has 0 saturated heterocycles. The van der Waals surface area contributed by atoms with Crippen LogP contribution in [0.25, 0.3) is 0 Å². The van der Waals surface area contributed by atoms with Crippen LogP contribution in [0.4, 0.5) is 4.39 Å². The Bertz CT molecular complexity index is 320. The molecule has 0 radical (unpaired) electrons. The zero-order valence-electron chi connectivity index (χ0n) is 7.84. The molecule has 76 valence electrons. The number of hydrogen-bond donors (Lipinski definition) is 1. The van der Waals surface area contributed by atoms with Crippen LogP contribution in [0.1, 0.15) is 30.7 Å². The summed E-state index contributed by atoms with van der Waals surface area (Å²) in [6, 6.07) is 5.37. The zero-order valence-corrected chi connectivity index (χ0v) is 10.00. The van der Waals surface area contributed by atoms with Crippen molar-refractivity contribution in [1.82, 2.24) is 0 Å². The lowest BCUT2D eigenvalue weighted by molar-refractivity contribution is 0.546. The summed E-state index contributed by atoms with van der Waals surface area (Å²) in [6.07, 6.45) is 3.17. The molecular formula is C11H13FIN. The molecule has 2 N–H and O–H groups in total. The number of nitrogens with two attached hydrogens (primary N) is 1. The molecule has 1 fully saturated rings. The van der Waals surface area contributed by atoms with Crippen molar-refractivity contribution >= 4 is 22.6 Å². The van der Waals surface area contributed by atoms with Gasteiger partial charge in [-0.25, -0.2) is 4.39 Å². The van der Waals surface area contributed by atoms with Gasteiger partial charge in [0.1, 0.15) is 5.82 Å². The molecule has 0 amide bonds. The molecule has 0 aliphatic heterocycles. The third-order valence-electron chi connectivity index (χ3n) is 2.94. The van der Waals surface area contributed by atoms with E-state index in [2.05, 4.69) is 22.6 Å². The minimum absolute atomic E-state index is 0.0979. The van der Waals surface area contributed by atoms with Gasteiger partial charge in [0.25, 0.3) is 0 Å². The van der Waals surface area contributed by atoms with Crippen LogP contribution in [-0.4, -0.2) is 6.04 Å². The van der Waals surface area contributed by atoms with E-state index >= 15 is 0 Å². The average molecular weight is 305 g/mol. The van der Waals surface area contributed by atoms with Crippen LogP contribution >= 0.6 is 22.6 Å². The van der Waals surface area contributed by atoms with Crippen molar-refractivity contribution in [2.75, 3.05) is 0 Å². The fourth-order valence-electron chi connectivity index (χ4n) is 2.21. The van der Waals surface area contributed by atoms with E-state index in [1.54, 1.807) is 6.07 Å². The van der Waals surface area contributed by atoms with Crippen LogP contribution < -0.4 is 5.73 Å². The van der Waals surface area contributed by atoms with Crippen molar-refractivity contribution in [2.45, 2.75) is 31.2 Å². The highest BCUT2D eigenvalue weighted by Crippen LogP contribution is 2.36. The molecule has 2 rings (SSSR count). The molecule has 1 aliphatic carbocycles. The van der Waals surface area contributed by atoms with Gasteiger partial charge < -0.3 is 5.73 Å². The molecule has 0 bridgehead atoms. The first-order chi connectivity index (χ1) is 6.70. The van der Waals surface area contributed by atoms with E-state index < -0.39 is 0 Å². The largest absolute Gasteiger partial charge is 0.327 e. The van der Waals surface area contributed by atoms with E-state index in [9.17, 15) is 4.39 Å². The summed E-state index contributed by atoms with van der Waals surface area (Å²) >= 11 is 2.19. The van der Waals surface area contributed by atoms with E-state index in [0.29, 0.717) is 0 Å². The topological polar surface area (TPSA) is 26.0 Å². The van der Waals surface area contributed by atoms with Gasteiger partial charge in [0.15, 0.2) is 0 Å². The Labute approximate surface area is 97.0 Å². The predicted octanol–water partition coefficient (Wildman–Crippen LogP) is 3.03. The fraction of sp³-hybridized carbons (Fsp3) is 0.455. The first-order valence-corrected chi connectivity index (χ1v) is 5.97. The quantitative estimate of drug-likeness (QED) is 0.793. The third kappa shape index (κ3) is 1.80. The SMILES string of the molecule is NC1CCCC1c1c(F)cccc1I. The van der Waals surface area contributed by atoms with Gasteiger partial charge in [-0.15, -0.1) is 0 Å². The maximum Gasteiger partial charge on any atom is 0.127 e. The van der Waals surface area contributed by atoms with Crippen LogP contribution in [0.2, 0.25) is 0 Å². The van der Waals surface area contributed by atoms with Crippen LogP contribution in [0.3, 0.4) is 0 Å².